The molecule has 1 atom stereocenters. The number of carbonyl (C=O) groups is 5. The minimum Gasteiger partial charge on any atom is -0.481 e. The van der Waals surface area contributed by atoms with Crippen LogP contribution in [-0.4, -0.2) is 93.2 Å². The molecule has 2 aromatic rings. The quantitative estimate of drug-likeness (QED) is 0.354. The van der Waals surface area contributed by atoms with E-state index in [4.69, 9.17) is 20.2 Å². The van der Waals surface area contributed by atoms with E-state index in [0.717, 1.165) is 5.56 Å². The van der Waals surface area contributed by atoms with Crippen LogP contribution in [0, 0.1) is 0 Å². The number of aliphatic carboxylic acids is 2. The molecule has 1 aliphatic heterocycles. The minimum absolute atomic E-state index is 0.0582. The van der Waals surface area contributed by atoms with Crippen molar-refractivity contribution in [2.45, 2.75) is 63.9 Å². The number of aromatic nitrogens is 1. The van der Waals surface area contributed by atoms with Gasteiger partial charge in [0.1, 0.15) is 11.3 Å². The number of amides is 3. The molecule has 1 aromatic carbocycles. The summed E-state index contributed by atoms with van der Waals surface area (Å²) in [6, 6.07) is 5.26. The van der Waals surface area contributed by atoms with Crippen LogP contribution in [0.2, 0.25) is 0 Å². The minimum atomic E-state index is -1.57. The van der Waals surface area contributed by atoms with Crippen molar-refractivity contribution in [1.82, 2.24) is 14.8 Å². The molecule has 42 heavy (non-hydrogen) atoms. The van der Waals surface area contributed by atoms with Crippen LogP contribution in [0.3, 0.4) is 0 Å². The van der Waals surface area contributed by atoms with Gasteiger partial charge < -0.3 is 35.2 Å². The fourth-order valence-corrected chi connectivity index (χ4v) is 5.36. The van der Waals surface area contributed by atoms with E-state index in [0.29, 0.717) is 23.7 Å². The van der Waals surface area contributed by atoms with Gasteiger partial charge in [0, 0.05) is 38.0 Å². The molecule has 4 N–H and O–H groups in total. The maximum atomic E-state index is 14.0. The van der Waals surface area contributed by atoms with Gasteiger partial charge in [-0.3, -0.25) is 19.4 Å². The first-order valence-corrected chi connectivity index (χ1v) is 14.1. The lowest BCUT2D eigenvalue weighted by Crippen LogP contribution is -2.52. The number of hydrogen-bond donors (Lipinski definition) is 3. The van der Waals surface area contributed by atoms with Crippen LogP contribution in [0.25, 0.3) is 10.9 Å². The molecule has 1 unspecified atom stereocenters. The summed E-state index contributed by atoms with van der Waals surface area (Å²) in [5, 5.41) is 19.8. The number of aryl methyl sites for hydroxylation is 1. The number of carboxylic acids is 2. The van der Waals surface area contributed by atoms with Gasteiger partial charge in [0.2, 0.25) is 11.5 Å². The van der Waals surface area contributed by atoms with Gasteiger partial charge in [-0.15, -0.1) is 0 Å². The first kappa shape index (κ1) is 30.5. The van der Waals surface area contributed by atoms with Gasteiger partial charge >= 0.3 is 18.0 Å². The topological polar surface area (TPSA) is 190 Å². The fourth-order valence-electron chi connectivity index (χ4n) is 5.36. The molecule has 0 bridgehead atoms. The summed E-state index contributed by atoms with van der Waals surface area (Å²) >= 11 is 0. The summed E-state index contributed by atoms with van der Waals surface area (Å²) in [4.78, 5) is 70.7. The van der Waals surface area contributed by atoms with Crippen LogP contribution >= 0.6 is 0 Å². The third-order valence-corrected chi connectivity index (χ3v) is 7.93. The average Bonchev–Trinajstić information content (AvgIpc) is 2.93. The number of nitrogens with two attached hydrogens (primary N) is 1. The highest BCUT2D eigenvalue weighted by Gasteiger charge is 2.48. The molecule has 13 heteroatoms. The Hall–Kier alpha value is -4.42. The van der Waals surface area contributed by atoms with Gasteiger partial charge in [0.25, 0.3) is 5.91 Å². The first-order valence-electron chi connectivity index (χ1n) is 14.1. The van der Waals surface area contributed by atoms with Crippen molar-refractivity contribution < 1.29 is 43.7 Å². The van der Waals surface area contributed by atoms with Crippen LogP contribution in [0.5, 0.6) is 5.75 Å². The van der Waals surface area contributed by atoms with E-state index in [-0.39, 0.29) is 69.1 Å². The molecule has 0 radical (unpaired) electrons. The number of piperazine rings is 1. The van der Waals surface area contributed by atoms with E-state index in [9.17, 15) is 34.2 Å². The van der Waals surface area contributed by atoms with Gasteiger partial charge in [0.15, 0.2) is 0 Å². The Labute approximate surface area is 242 Å². The van der Waals surface area contributed by atoms with Gasteiger partial charge in [0.05, 0.1) is 23.7 Å². The predicted octanol–water partition coefficient (Wildman–Crippen LogP) is 2.53. The molecule has 4 rings (SSSR count). The van der Waals surface area contributed by atoms with E-state index >= 15 is 0 Å². The zero-order valence-corrected chi connectivity index (χ0v) is 23.8. The summed E-state index contributed by atoms with van der Waals surface area (Å²) in [5.74, 6) is -5.06. The van der Waals surface area contributed by atoms with Crippen LogP contribution in [0.1, 0.15) is 73.5 Å². The Kier molecular flexibility index (Phi) is 9.17. The molecule has 2 heterocycles. The molecule has 2 fully saturated rings. The van der Waals surface area contributed by atoms with Gasteiger partial charge in [-0.1, -0.05) is 13.0 Å². The van der Waals surface area contributed by atoms with Gasteiger partial charge in [-0.25, -0.2) is 9.59 Å². The molecule has 1 saturated heterocycles. The normalized spacial score (nSPS) is 16.8. The number of nitrogens with zero attached hydrogens (tertiary/aromatic N) is 3. The number of carboxylic acid groups (broad SMARTS) is 2. The lowest BCUT2D eigenvalue weighted by Gasteiger charge is -2.39. The molecular formula is C29H36N4O9. The Morgan fingerprint density at radius 3 is 2.24 bits per heavy atom. The molecule has 1 saturated carbocycles. The Bertz CT molecular complexity index is 1400. The van der Waals surface area contributed by atoms with Gasteiger partial charge in [-0.05, 0) is 56.7 Å². The number of primary amides is 1. The molecule has 2 aliphatic rings. The monoisotopic (exact) mass is 584 g/mol. The summed E-state index contributed by atoms with van der Waals surface area (Å²) in [6.45, 7) is 4.59. The molecule has 1 aromatic heterocycles. The highest BCUT2D eigenvalue weighted by molar-refractivity contribution is 6.05. The van der Waals surface area contributed by atoms with Crippen molar-refractivity contribution in [1.29, 1.82) is 0 Å². The first-order chi connectivity index (χ1) is 20.0. The zero-order valence-electron chi connectivity index (χ0n) is 23.8. The molecular weight excluding hydrogens is 548 g/mol. The molecule has 13 nitrogen and oxygen atoms in total. The summed E-state index contributed by atoms with van der Waals surface area (Å²) < 4.78 is 11.2. The Morgan fingerprint density at radius 1 is 1.05 bits per heavy atom. The van der Waals surface area contributed by atoms with Crippen LogP contribution < -0.4 is 10.5 Å². The zero-order chi connectivity index (χ0) is 30.6. The highest BCUT2D eigenvalue weighted by atomic mass is 16.6. The standard InChI is InChI=1S/C29H36N4O9/c1-3-17-6-7-18-20(16-17)31-23(22(25(30)36)24(18)42-29(27(38)39)10-5-11-29)19(8-9-21(34)35)26(37)32-12-14-33(15-13-32)28(40)41-4-2/h6-7,16,19H,3-5,8-15H2,1-2H3,(H2,30,36)(H,34,35)(H,38,39). The number of rotatable bonds is 11. The summed E-state index contributed by atoms with van der Waals surface area (Å²) in [7, 11) is 0. The largest absolute Gasteiger partial charge is 0.481 e. The Balaban J connectivity index is 1.83. The van der Waals surface area contributed by atoms with Crippen LogP contribution in [0.4, 0.5) is 4.79 Å². The number of ether oxygens (including phenoxy) is 2. The second kappa shape index (κ2) is 12.6. The van der Waals surface area contributed by atoms with Crippen molar-refractivity contribution in [3.63, 3.8) is 0 Å². The maximum absolute atomic E-state index is 14.0. The highest BCUT2D eigenvalue weighted by Crippen LogP contribution is 2.43. The number of pyridine rings is 1. The number of fused-ring (bicyclic) bond motifs is 1. The third kappa shape index (κ3) is 6.09. The van der Waals surface area contributed by atoms with E-state index in [2.05, 4.69) is 0 Å². The number of carbonyl (C=O) groups excluding carboxylic acids is 3. The lowest BCUT2D eigenvalue weighted by atomic mass is 9.80. The van der Waals surface area contributed by atoms with E-state index in [1.54, 1.807) is 19.1 Å². The number of benzene rings is 1. The van der Waals surface area contributed by atoms with Crippen molar-refractivity contribution in [2.24, 2.45) is 5.73 Å². The van der Waals surface area contributed by atoms with Crippen molar-refractivity contribution in [3.05, 3.63) is 35.0 Å². The van der Waals surface area contributed by atoms with Crippen molar-refractivity contribution in [3.8, 4) is 5.75 Å². The van der Waals surface area contributed by atoms with E-state index in [1.807, 2.05) is 13.0 Å². The smallest absolute Gasteiger partial charge is 0.409 e. The molecule has 226 valence electrons. The SMILES string of the molecule is CCOC(=O)N1CCN(C(=O)C(CCC(=O)O)c2nc3cc(CC)ccc3c(OC3(C(=O)O)CCC3)c2C(N)=O)CC1. The van der Waals surface area contributed by atoms with Crippen LogP contribution in [-0.2, 0) is 25.5 Å². The van der Waals surface area contributed by atoms with Crippen molar-refractivity contribution in [2.75, 3.05) is 32.8 Å². The summed E-state index contributed by atoms with van der Waals surface area (Å²) in [5.41, 5.74) is 5.26. The number of hydrogen-bond acceptors (Lipinski definition) is 8. The molecule has 3 amide bonds. The molecule has 0 spiro atoms. The van der Waals surface area contributed by atoms with Gasteiger partial charge in [-0.2, -0.15) is 0 Å². The second-order valence-corrected chi connectivity index (χ2v) is 10.5. The predicted molar refractivity (Wildman–Crippen MR) is 149 cm³/mol. The Morgan fingerprint density at radius 2 is 1.71 bits per heavy atom. The third-order valence-electron chi connectivity index (χ3n) is 7.93. The molecule has 1 aliphatic carbocycles. The van der Waals surface area contributed by atoms with Crippen LogP contribution in [0.15, 0.2) is 18.2 Å². The average molecular weight is 585 g/mol. The maximum Gasteiger partial charge on any atom is 0.409 e. The van der Waals surface area contributed by atoms with Crippen molar-refractivity contribution >= 4 is 40.7 Å². The van der Waals surface area contributed by atoms with E-state index < -0.39 is 47.8 Å². The lowest BCUT2D eigenvalue weighted by molar-refractivity contribution is -0.163. The van der Waals surface area contributed by atoms with E-state index in [1.165, 1.54) is 9.80 Å². The second-order valence-electron chi connectivity index (χ2n) is 10.5. The fraction of sp³-hybridized carbons (Fsp3) is 0.517. The summed E-state index contributed by atoms with van der Waals surface area (Å²) in [6.07, 6.45) is 0.634.